The van der Waals surface area contributed by atoms with Crippen LogP contribution in [-0.4, -0.2) is 17.6 Å². The molecule has 0 heterocycles. The van der Waals surface area contributed by atoms with Crippen molar-refractivity contribution >= 4 is 23.6 Å². The summed E-state index contributed by atoms with van der Waals surface area (Å²) >= 11 is 5.82. The summed E-state index contributed by atoms with van der Waals surface area (Å²) in [6.45, 7) is 0.489. The lowest BCUT2D eigenvalue weighted by Crippen LogP contribution is -2.25. The van der Waals surface area contributed by atoms with E-state index < -0.39 is 5.91 Å². The number of amides is 1. The highest BCUT2D eigenvalue weighted by Crippen LogP contribution is 2.24. The van der Waals surface area contributed by atoms with Gasteiger partial charge in [-0.05, 0) is 42.2 Å². The average Bonchev–Trinajstić information content (AvgIpc) is 2.60. The van der Waals surface area contributed by atoms with Crippen LogP contribution in [0.15, 0.2) is 54.1 Å². The zero-order chi connectivity index (χ0) is 17.4. The molecule has 0 aromatic heterocycles. The van der Waals surface area contributed by atoms with Crippen LogP contribution < -0.4 is 5.32 Å². The molecule has 122 valence electrons. The van der Waals surface area contributed by atoms with E-state index in [1.165, 1.54) is 23.8 Å². The smallest absolute Gasteiger partial charge is 0.261 e. The molecular weight excluding hydrogens is 324 g/mol. The summed E-state index contributed by atoms with van der Waals surface area (Å²) in [7, 11) is 0. The first-order valence-corrected chi connectivity index (χ1v) is 7.90. The molecule has 0 aliphatic heterocycles. The predicted octanol–water partition coefficient (Wildman–Crippen LogP) is 3.70. The lowest BCUT2D eigenvalue weighted by molar-refractivity contribution is -0.117. The van der Waals surface area contributed by atoms with Crippen molar-refractivity contribution < 1.29 is 9.90 Å². The molecule has 5 heteroatoms. The van der Waals surface area contributed by atoms with Gasteiger partial charge in [0.15, 0.2) is 0 Å². The minimum absolute atomic E-state index is 0.00327. The van der Waals surface area contributed by atoms with E-state index in [0.29, 0.717) is 12.1 Å². The molecule has 0 radical (unpaired) electrons. The van der Waals surface area contributed by atoms with E-state index in [9.17, 15) is 9.90 Å². The van der Waals surface area contributed by atoms with Gasteiger partial charge in [-0.3, -0.25) is 4.79 Å². The molecule has 0 aliphatic carbocycles. The van der Waals surface area contributed by atoms with Crippen LogP contribution in [-0.2, 0) is 11.2 Å². The van der Waals surface area contributed by atoms with Gasteiger partial charge >= 0.3 is 0 Å². The Morgan fingerprint density at radius 1 is 1.25 bits per heavy atom. The SMILES string of the molecule is N#C/C(=C/c1ccc(O)c(Cl)c1)C(=O)NCCCc1ccccc1. The molecule has 0 unspecified atom stereocenters. The lowest BCUT2D eigenvalue weighted by atomic mass is 10.1. The van der Waals surface area contributed by atoms with Crippen molar-refractivity contribution in [2.75, 3.05) is 6.54 Å². The molecule has 4 nitrogen and oxygen atoms in total. The van der Waals surface area contributed by atoms with Crippen LogP contribution in [0.1, 0.15) is 17.5 Å². The van der Waals surface area contributed by atoms with Crippen LogP contribution in [0, 0.1) is 11.3 Å². The number of aryl methyl sites for hydroxylation is 1. The minimum Gasteiger partial charge on any atom is -0.506 e. The first kappa shape index (κ1) is 17.6. The Kier molecular flexibility index (Phi) is 6.41. The highest BCUT2D eigenvalue weighted by Gasteiger charge is 2.09. The number of nitriles is 1. The lowest BCUT2D eigenvalue weighted by Gasteiger charge is -2.05. The van der Waals surface area contributed by atoms with Crippen LogP contribution in [0.2, 0.25) is 5.02 Å². The molecule has 24 heavy (non-hydrogen) atoms. The largest absolute Gasteiger partial charge is 0.506 e. The van der Waals surface area contributed by atoms with Crippen LogP contribution in [0.25, 0.3) is 6.08 Å². The Labute approximate surface area is 146 Å². The van der Waals surface area contributed by atoms with Gasteiger partial charge in [-0.2, -0.15) is 5.26 Å². The van der Waals surface area contributed by atoms with Gasteiger partial charge in [-0.1, -0.05) is 48.0 Å². The van der Waals surface area contributed by atoms with Gasteiger partial charge in [0.2, 0.25) is 0 Å². The number of rotatable bonds is 6. The first-order chi connectivity index (χ1) is 11.6. The summed E-state index contributed by atoms with van der Waals surface area (Å²) in [6, 6.07) is 16.4. The second-order valence-electron chi connectivity index (χ2n) is 5.23. The minimum atomic E-state index is -0.422. The van der Waals surface area contributed by atoms with Gasteiger partial charge in [0, 0.05) is 6.54 Å². The number of hydrogen-bond acceptors (Lipinski definition) is 3. The molecule has 2 N–H and O–H groups in total. The number of benzene rings is 2. The third-order valence-corrected chi connectivity index (χ3v) is 3.72. The van der Waals surface area contributed by atoms with Crippen LogP contribution in [0.3, 0.4) is 0 Å². The summed E-state index contributed by atoms with van der Waals surface area (Å²) < 4.78 is 0. The number of phenolic OH excluding ortho intramolecular Hbond substituents is 1. The topological polar surface area (TPSA) is 73.1 Å². The number of carbonyl (C=O) groups is 1. The maximum Gasteiger partial charge on any atom is 0.261 e. The Balaban J connectivity index is 1.90. The number of nitrogens with zero attached hydrogens (tertiary/aromatic N) is 1. The number of halogens is 1. The van der Waals surface area contributed by atoms with E-state index in [-0.39, 0.29) is 16.3 Å². The highest BCUT2D eigenvalue weighted by atomic mass is 35.5. The standard InChI is InChI=1S/C19H17ClN2O2/c20-17-12-15(8-9-18(17)23)11-16(13-21)19(24)22-10-4-7-14-5-2-1-3-6-14/h1-3,5-6,8-9,11-12,23H,4,7,10H2,(H,22,24)/b16-11-. The van der Waals surface area contributed by atoms with Crippen LogP contribution in [0.4, 0.5) is 0 Å². The Morgan fingerprint density at radius 2 is 2.00 bits per heavy atom. The van der Waals surface area contributed by atoms with Gasteiger partial charge in [0.05, 0.1) is 5.02 Å². The quantitative estimate of drug-likeness (QED) is 0.478. The number of hydrogen-bond donors (Lipinski definition) is 2. The Hall–Kier alpha value is -2.77. The number of aromatic hydroxyl groups is 1. The molecule has 0 fully saturated rings. The molecule has 2 aromatic rings. The van der Waals surface area contributed by atoms with Gasteiger partial charge in [0.1, 0.15) is 17.4 Å². The fourth-order valence-corrected chi connectivity index (χ4v) is 2.35. The molecular formula is C19H17ClN2O2. The summed E-state index contributed by atoms with van der Waals surface area (Å²) in [6.07, 6.45) is 3.09. The average molecular weight is 341 g/mol. The molecule has 0 saturated heterocycles. The predicted molar refractivity (Wildman–Crippen MR) is 94.5 cm³/mol. The summed E-state index contributed by atoms with van der Waals surface area (Å²) in [5.41, 5.74) is 1.78. The fraction of sp³-hybridized carbons (Fsp3) is 0.158. The maximum atomic E-state index is 12.1. The van der Waals surface area contributed by atoms with Crippen molar-refractivity contribution in [2.45, 2.75) is 12.8 Å². The second kappa shape index (κ2) is 8.76. The zero-order valence-corrected chi connectivity index (χ0v) is 13.8. The van der Waals surface area contributed by atoms with E-state index in [2.05, 4.69) is 5.32 Å². The summed E-state index contributed by atoms with van der Waals surface area (Å²) in [5.74, 6) is -0.465. The highest BCUT2D eigenvalue weighted by molar-refractivity contribution is 6.32. The fourth-order valence-electron chi connectivity index (χ4n) is 2.16. The van der Waals surface area contributed by atoms with Crippen LogP contribution >= 0.6 is 11.6 Å². The van der Waals surface area contributed by atoms with Crippen molar-refractivity contribution in [3.05, 3.63) is 70.3 Å². The molecule has 2 aromatic carbocycles. The molecule has 0 spiro atoms. The van der Waals surface area contributed by atoms with E-state index in [1.807, 2.05) is 36.4 Å². The normalized spacial score (nSPS) is 10.9. The Bertz CT molecular complexity index is 780. The van der Waals surface area contributed by atoms with Gasteiger partial charge in [-0.25, -0.2) is 0 Å². The van der Waals surface area contributed by atoms with E-state index in [0.717, 1.165) is 12.8 Å². The Morgan fingerprint density at radius 3 is 2.67 bits per heavy atom. The van der Waals surface area contributed by atoms with E-state index >= 15 is 0 Å². The molecule has 0 saturated carbocycles. The third kappa shape index (κ3) is 5.15. The van der Waals surface area contributed by atoms with Crippen molar-refractivity contribution in [3.8, 4) is 11.8 Å². The molecule has 0 bridgehead atoms. The monoisotopic (exact) mass is 340 g/mol. The van der Waals surface area contributed by atoms with Crippen molar-refractivity contribution in [2.24, 2.45) is 0 Å². The number of phenols is 1. The molecule has 0 atom stereocenters. The van der Waals surface area contributed by atoms with Crippen molar-refractivity contribution in [1.82, 2.24) is 5.32 Å². The number of carbonyl (C=O) groups excluding carboxylic acids is 1. The molecule has 2 rings (SSSR count). The van der Waals surface area contributed by atoms with Crippen molar-refractivity contribution in [1.29, 1.82) is 5.26 Å². The summed E-state index contributed by atoms with van der Waals surface area (Å²) in [4.78, 5) is 12.1. The third-order valence-electron chi connectivity index (χ3n) is 3.42. The van der Waals surface area contributed by atoms with Gasteiger partial charge in [-0.15, -0.1) is 0 Å². The van der Waals surface area contributed by atoms with Crippen molar-refractivity contribution in [3.63, 3.8) is 0 Å². The molecule has 0 aliphatic rings. The molecule has 1 amide bonds. The van der Waals surface area contributed by atoms with Gasteiger partial charge < -0.3 is 10.4 Å². The van der Waals surface area contributed by atoms with E-state index in [1.54, 1.807) is 6.07 Å². The van der Waals surface area contributed by atoms with Gasteiger partial charge in [0.25, 0.3) is 5.91 Å². The van der Waals surface area contributed by atoms with E-state index in [4.69, 9.17) is 16.9 Å². The zero-order valence-electron chi connectivity index (χ0n) is 13.0. The number of nitrogens with one attached hydrogen (secondary N) is 1. The second-order valence-corrected chi connectivity index (χ2v) is 5.63. The summed E-state index contributed by atoms with van der Waals surface area (Å²) in [5, 5.41) is 21.4. The first-order valence-electron chi connectivity index (χ1n) is 7.52. The maximum absolute atomic E-state index is 12.1. The van der Waals surface area contributed by atoms with Crippen LogP contribution in [0.5, 0.6) is 5.75 Å².